The molecule has 0 aromatic heterocycles. The molecule has 6 heteroatoms. The van der Waals surface area contributed by atoms with Crippen LogP contribution in [0.15, 0.2) is 24.3 Å². The Hall–Kier alpha value is -1.75. The van der Waals surface area contributed by atoms with E-state index >= 15 is 0 Å². The van der Waals surface area contributed by atoms with Gasteiger partial charge in [0.2, 0.25) is 5.91 Å². The number of likely N-dealkylation sites (N-methyl/N-ethyl adjacent to an activating group) is 1. The van der Waals surface area contributed by atoms with Gasteiger partial charge in [0.15, 0.2) is 0 Å². The molecule has 0 heterocycles. The van der Waals surface area contributed by atoms with Gasteiger partial charge in [-0.25, -0.2) is 4.79 Å². The summed E-state index contributed by atoms with van der Waals surface area (Å²) in [6, 6.07) is 6.22. The topological polar surface area (TPSA) is 70.2 Å². The molecule has 0 bridgehead atoms. The van der Waals surface area contributed by atoms with E-state index in [2.05, 4.69) is 16.0 Å². The molecule has 0 spiro atoms. The summed E-state index contributed by atoms with van der Waals surface area (Å²) < 4.78 is 0. The van der Waals surface area contributed by atoms with E-state index in [0.717, 1.165) is 0 Å². The maximum atomic E-state index is 11.3. The fourth-order valence-corrected chi connectivity index (χ4v) is 1.08. The van der Waals surface area contributed by atoms with Crippen LogP contribution in [0.5, 0.6) is 0 Å². The molecular weight excluding hydrogens is 230 g/mol. The van der Waals surface area contributed by atoms with Crippen molar-refractivity contribution < 1.29 is 9.59 Å². The number of rotatable bonds is 3. The second-order valence-corrected chi connectivity index (χ2v) is 3.42. The van der Waals surface area contributed by atoms with E-state index in [-0.39, 0.29) is 12.5 Å². The van der Waals surface area contributed by atoms with Crippen LogP contribution < -0.4 is 16.0 Å². The number of carbonyl (C=O) groups excluding carboxylic acids is 2. The van der Waals surface area contributed by atoms with Gasteiger partial charge in [0, 0.05) is 17.8 Å². The third-order valence-electron chi connectivity index (χ3n) is 1.79. The molecule has 0 aliphatic rings. The van der Waals surface area contributed by atoms with Gasteiger partial charge in [0.25, 0.3) is 0 Å². The van der Waals surface area contributed by atoms with E-state index in [9.17, 15) is 9.59 Å². The third kappa shape index (κ3) is 4.18. The molecule has 5 nitrogen and oxygen atoms in total. The van der Waals surface area contributed by atoms with Gasteiger partial charge < -0.3 is 16.0 Å². The summed E-state index contributed by atoms with van der Waals surface area (Å²) in [6.07, 6.45) is 0. The lowest BCUT2D eigenvalue weighted by molar-refractivity contribution is -0.119. The molecular formula is C10H12ClN3O2. The molecule has 0 radical (unpaired) electrons. The van der Waals surface area contributed by atoms with Crippen LogP contribution in [0, 0.1) is 0 Å². The summed E-state index contributed by atoms with van der Waals surface area (Å²) in [4.78, 5) is 22.1. The van der Waals surface area contributed by atoms with E-state index < -0.39 is 6.03 Å². The number of hydrogen-bond acceptors (Lipinski definition) is 2. The highest BCUT2D eigenvalue weighted by atomic mass is 35.5. The first-order valence-corrected chi connectivity index (χ1v) is 5.00. The molecule has 3 amide bonds. The number of halogens is 1. The Morgan fingerprint density at radius 2 is 1.88 bits per heavy atom. The molecule has 0 saturated heterocycles. The molecule has 86 valence electrons. The molecule has 0 aliphatic carbocycles. The summed E-state index contributed by atoms with van der Waals surface area (Å²) in [7, 11) is 1.50. The Balaban J connectivity index is 2.40. The van der Waals surface area contributed by atoms with Crippen LogP contribution >= 0.6 is 11.6 Å². The van der Waals surface area contributed by atoms with Gasteiger partial charge in [-0.05, 0) is 24.3 Å². The maximum Gasteiger partial charge on any atom is 0.319 e. The first kappa shape index (κ1) is 12.3. The van der Waals surface area contributed by atoms with E-state index in [1.54, 1.807) is 24.3 Å². The lowest BCUT2D eigenvalue weighted by Gasteiger charge is -2.06. The van der Waals surface area contributed by atoms with Crippen LogP contribution in [0.3, 0.4) is 0 Å². The summed E-state index contributed by atoms with van der Waals surface area (Å²) in [5.41, 5.74) is 0.610. The zero-order chi connectivity index (χ0) is 12.0. The maximum absolute atomic E-state index is 11.3. The Morgan fingerprint density at radius 1 is 1.25 bits per heavy atom. The summed E-state index contributed by atoms with van der Waals surface area (Å²) in [5.74, 6) is -0.258. The number of nitrogens with one attached hydrogen (secondary N) is 3. The second-order valence-electron chi connectivity index (χ2n) is 2.99. The summed E-state index contributed by atoms with van der Waals surface area (Å²) in [5, 5.41) is 7.95. The number of carbonyl (C=O) groups is 2. The van der Waals surface area contributed by atoms with Crippen molar-refractivity contribution in [2.45, 2.75) is 0 Å². The predicted octanol–water partition coefficient (Wildman–Crippen LogP) is 1.21. The average Bonchev–Trinajstić information content (AvgIpc) is 2.29. The molecule has 1 rings (SSSR count). The fourth-order valence-electron chi connectivity index (χ4n) is 0.957. The number of hydrogen-bond donors (Lipinski definition) is 3. The Morgan fingerprint density at radius 3 is 2.44 bits per heavy atom. The first-order valence-electron chi connectivity index (χ1n) is 4.63. The zero-order valence-electron chi connectivity index (χ0n) is 8.71. The number of anilines is 1. The standard InChI is InChI=1S/C10H12ClN3O2/c1-12-9(15)6-13-10(16)14-8-4-2-7(11)3-5-8/h2-5H,6H2,1H3,(H,12,15)(H2,13,14,16). The average molecular weight is 242 g/mol. The minimum Gasteiger partial charge on any atom is -0.358 e. The van der Waals surface area contributed by atoms with Gasteiger partial charge >= 0.3 is 6.03 Å². The molecule has 0 unspecified atom stereocenters. The number of amides is 3. The molecule has 0 aliphatic heterocycles. The van der Waals surface area contributed by atoms with Crippen LogP contribution in [-0.2, 0) is 4.79 Å². The van der Waals surface area contributed by atoms with Crippen LogP contribution in [0.2, 0.25) is 5.02 Å². The van der Waals surface area contributed by atoms with Crippen molar-refractivity contribution in [2.75, 3.05) is 18.9 Å². The van der Waals surface area contributed by atoms with Crippen molar-refractivity contribution in [3.05, 3.63) is 29.3 Å². The van der Waals surface area contributed by atoms with Crippen molar-refractivity contribution in [3.63, 3.8) is 0 Å². The highest BCUT2D eigenvalue weighted by molar-refractivity contribution is 6.30. The predicted molar refractivity (Wildman–Crippen MR) is 62.5 cm³/mol. The van der Waals surface area contributed by atoms with Crippen LogP contribution in [0.4, 0.5) is 10.5 Å². The Bertz CT molecular complexity index is 378. The highest BCUT2D eigenvalue weighted by Crippen LogP contribution is 2.12. The molecule has 0 atom stereocenters. The van der Waals surface area contributed by atoms with Crippen molar-refractivity contribution in [3.8, 4) is 0 Å². The molecule has 1 aromatic carbocycles. The van der Waals surface area contributed by atoms with Crippen molar-refractivity contribution in [1.82, 2.24) is 10.6 Å². The van der Waals surface area contributed by atoms with E-state index in [0.29, 0.717) is 10.7 Å². The van der Waals surface area contributed by atoms with Crippen molar-refractivity contribution in [1.29, 1.82) is 0 Å². The molecule has 1 aromatic rings. The normalized spacial score (nSPS) is 9.38. The van der Waals surface area contributed by atoms with Gasteiger partial charge in [-0.2, -0.15) is 0 Å². The van der Waals surface area contributed by atoms with Gasteiger partial charge in [0.05, 0.1) is 6.54 Å². The number of benzene rings is 1. The summed E-state index contributed by atoms with van der Waals surface area (Å²) in [6.45, 7) is -0.0596. The van der Waals surface area contributed by atoms with Crippen molar-refractivity contribution in [2.24, 2.45) is 0 Å². The molecule has 16 heavy (non-hydrogen) atoms. The first-order chi connectivity index (χ1) is 7.61. The van der Waals surface area contributed by atoms with Crippen LogP contribution in [0.1, 0.15) is 0 Å². The van der Waals surface area contributed by atoms with Gasteiger partial charge in [-0.15, -0.1) is 0 Å². The third-order valence-corrected chi connectivity index (χ3v) is 2.04. The lowest BCUT2D eigenvalue weighted by Crippen LogP contribution is -2.37. The van der Waals surface area contributed by atoms with Gasteiger partial charge in [0.1, 0.15) is 0 Å². The van der Waals surface area contributed by atoms with Gasteiger partial charge in [-0.1, -0.05) is 11.6 Å². The van der Waals surface area contributed by atoms with Crippen molar-refractivity contribution >= 4 is 29.2 Å². The second kappa shape index (κ2) is 5.97. The largest absolute Gasteiger partial charge is 0.358 e. The molecule has 0 saturated carbocycles. The van der Waals surface area contributed by atoms with Gasteiger partial charge in [-0.3, -0.25) is 4.79 Å². The van der Waals surface area contributed by atoms with Crippen LogP contribution in [0.25, 0.3) is 0 Å². The van der Waals surface area contributed by atoms with E-state index in [1.165, 1.54) is 7.05 Å². The Labute approximate surface area is 98.2 Å². The highest BCUT2D eigenvalue weighted by Gasteiger charge is 2.03. The van der Waals surface area contributed by atoms with Crippen LogP contribution in [-0.4, -0.2) is 25.5 Å². The Kier molecular flexibility index (Phi) is 4.60. The summed E-state index contributed by atoms with van der Waals surface area (Å²) >= 11 is 5.69. The SMILES string of the molecule is CNC(=O)CNC(=O)Nc1ccc(Cl)cc1. The minimum atomic E-state index is -0.439. The quantitative estimate of drug-likeness (QED) is 0.744. The fraction of sp³-hybridized carbons (Fsp3) is 0.200. The smallest absolute Gasteiger partial charge is 0.319 e. The minimum absolute atomic E-state index is 0.0596. The molecule has 0 fully saturated rings. The molecule has 3 N–H and O–H groups in total. The van der Waals surface area contributed by atoms with E-state index in [4.69, 9.17) is 11.6 Å². The monoisotopic (exact) mass is 241 g/mol. The lowest BCUT2D eigenvalue weighted by atomic mass is 10.3. The zero-order valence-corrected chi connectivity index (χ0v) is 9.47. The van der Waals surface area contributed by atoms with E-state index in [1.807, 2.05) is 0 Å². The number of urea groups is 1.